The highest BCUT2D eigenvalue weighted by molar-refractivity contribution is 5.82. The minimum Gasteiger partial charge on any atom is -0.481 e. The van der Waals surface area contributed by atoms with Crippen molar-refractivity contribution < 1.29 is 19.5 Å². The van der Waals surface area contributed by atoms with Crippen LogP contribution in [0, 0.1) is 17.8 Å². The average molecular weight is 282 g/mol. The number of hydrogen-bond donors (Lipinski definition) is 2. The average Bonchev–Trinajstić information content (AvgIpc) is 2.46. The summed E-state index contributed by atoms with van der Waals surface area (Å²) in [7, 11) is 0. The summed E-state index contributed by atoms with van der Waals surface area (Å²) in [4.78, 5) is 36.5. The fourth-order valence-corrected chi connectivity index (χ4v) is 3.31. The molecule has 1 saturated heterocycles. The van der Waals surface area contributed by atoms with Crippen LogP contribution in [0.1, 0.15) is 38.5 Å². The van der Waals surface area contributed by atoms with Gasteiger partial charge in [-0.15, -0.1) is 0 Å². The van der Waals surface area contributed by atoms with Crippen LogP contribution in [0.25, 0.3) is 0 Å². The molecule has 0 unspecified atom stereocenters. The third-order valence-corrected chi connectivity index (χ3v) is 4.51. The zero-order chi connectivity index (χ0) is 14.7. The standard InChI is InChI=1S/C14H22N2O4/c15-12(17)11-5-2-6-16(8-11)13(18)9-3-1-4-10(7-9)14(19)20/h9-11H,1-8H2,(H2,15,17)(H,19,20)/t9-,10+,11-/m1/s1. The molecular formula is C14H22N2O4. The number of nitrogens with zero attached hydrogens (tertiary/aromatic N) is 1. The molecule has 2 aliphatic rings. The van der Waals surface area contributed by atoms with Gasteiger partial charge in [0, 0.05) is 19.0 Å². The molecule has 0 aromatic heterocycles. The Balaban J connectivity index is 1.96. The second kappa shape index (κ2) is 6.24. The highest BCUT2D eigenvalue weighted by atomic mass is 16.4. The maximum atomic E-state index is 12.5. The molecule has 0 aromatic rings. The lowest BCUT2D eigenvalue weighted by Gasteiger charge is -2.35. The number of hydrogen-bond acceptors (Lipinski definition) is 3. The minimum atomic E-state index is -0.809. The summed E-state index contributed by atoms with van der Waals surface area (Å²) in [6.45, 7) is 1.04. The Labute approximate surface area is 118 Å². The molecule has 2 fully saturated rings. The molecule has 3 N–H and O–H groups in total. The van der Waals surface area contributed by atoms with Crippen LogP contribution in [0.2, 0.25) is 0 Å². The topological polar surface area (TPSA) is 101 Å². The molecule has 112 valence electrons. The first-order chi connectivity index (χ1) is 9.49. The van der Waals surface area contributed by atoms with Crippen LogP contribution in [0.4, 0.5) is 0 Å². The van der Waals surface area contributed by atoms with Crippen LogP contribution >= 0.6 is 0 Å². The van der Waals surface area contributed by atoms with Crippen molar-refractivity contribution in [3.8, 4) is 0 Å². The molecule has 0 aromatic carbocycles. The van der Waals surface area contributed by atoms with Crippen molar-refractivity contribution in [1.82, 2.24) is 4.90 Å². The highest BCUT2D eigenvalue weighted by Crippen LogP contribution is 2.31. The van der Waals surface area contributed by atoms with E-state index in [1.165, 1.54) is 0 Å². The van der Waals surface area contributed by atoms with Gasteiger partial charge in [0.25, 0.3) is 0 Å². The van der Waals surface area contributed by atoms with Gasteiger partial charge in [-0.25, -0.2) is 0 Å². The van der Waals surface area contributed by atoms with E-state index in [9.17, 15) is 14.4 Å². The Bertz CT molecular complexity index is 374. The molecule has 0 bridgehead atoms. The van der Waals surface area contributed by atoms with Gasteiger partial charge in [-0.2, -0.15) is 0 Å². The van der Waals surface area contributed by atoms with Crippen LogP contribution in [0.3, 0.4) is 0 Å². The van der Waals surface area contributed by atoms with Gasteiger partial charge in [-0.3, -0.25) is 14.4 Å². The summed E-state index contributed by atoms with van der Waals surface area (Å²) in [5.41, 5.74) is 5.32. The first-order valence-electron chi connectivity index (χ1n) is 7.30. The van der Waals surface area contributed by atoms with Gasteiger partial charge in [-0.1, -0.05) is 6.42 Å². The summed E-state index contributed by atoms with van der Waals surface area (Å²) in [5, 5.41) is 9.08. The number of aliphatic carboxylic acids is 1. The number of primary amides is 1. The van der Waals surface area contributed by atoms with Gasteiger partial charge in [0.1, 0.15) is 0 Å². The van der Waals surface area contributed by atoms with Crippen molar-refractivity contribution >= 4 is 17.8 Å². The van der Waals surface area contributed by atoms with Crippen LogP contribution < -0.4 is 5.73 Å². The van der Waals surface area contributed by atoms with E-state index in [0.29, 0.717) is 25.9 Å². The SMILES string of the molecule is NC(=O)[C@@H]1CCCN(C(=O)[C@@H]2CCC[C@H](C(=O)O)C2)C1. The van der Waals surface area contributed by atoms with Crippen LogP contribution in [-0.4, -0.2) is 40.9 Å². The number of piperidine rings is 1. The van der Waals surface area contributed by atoms with E-state index in [-0.39, 0.29) is 23.7 Å². The highest BCUT2D eigenvalue weighted by Gasteiger charge is 2.35. The molecule has 6 heteroatoms. The molecule has 1 aliphatic heterocycles. The molecule has 0 spiro atoms. The molecule has 2 rings (SSSR count). The van der Waals surface area contributed by atoms with Crippen molar-refractivity contribution in [1.29, 1.82) is 0 Å². The number of carbonyl (C=O) groups excluding carboxylic acids is 2. The predicted molar refractivity (Wildman–Crippen MR) is 71.6 cm³/mol. The molecule has 2 amide bonds. The van der Waals surface area contributed by atoms with Gasteiger partial charge in [-0.05, 0) is 32.1 Å². The van der Waals surface area contributed by atoms with E-state index in [1.54, 1.807) is 4.90 Å². The number of likely N-dealkylation sites (tertiary alicyclic amines) is 1. The normalized spacial score (nSPS) is 30.8. The third-order valence-electron chi connectivity index (χ3n) is 4.51. The summed E-state index contributed by atoms with van der Waals surface area (Å²) in [5.74, 6) is -2.04. The van der Waals surface area contributed by atoms with Crippen LogP contribution in [0.5, 0.6) is 0 Å². The number of carbonyl (C=O) groups is 3. The monoisotopic (exact) mass is 282 g/mol. The first-order valence-corrected chi connectivity index (χ1v) is 7.30. The minimum absolute atomic E-state index is 0.00176. The van der Waals surface area contributed by atoms with Gasteiger partial charge >= 0.3 is 5.97 Å². The maximum absolute atomic E-state index is 12.5. The van der Waals surface area contributed by atoms with Crippen LogP contribution in [0.15, 0.2) is 0 Å². The Hall–Kier alpha value is -1.59. The number of carboxylic acids is 1. The van der Waals surface area contributed by atoms with Gasteiger partial charge in [0.2, 0.25) is 11.8 Å². The smallest absolute Gasteiger partial charge is 0.306 e. The van der Waals surface area contributed by atoms with E-state index in [1.807, 2.05) is 0 Å². The lowest BCUT2D eigenvalue weighted by molar-refractivity contribution is -0.146. The second-order valence-electron chi connectivity index (χ2n) is 5.92. The largest absolute Gasteiger partial charge is 0.481 e. The predicted octanol–water partition coefficient (Wildman–Crippen LogP) is 0.601. The fraction of sp³-hybridized carbons (Fsp3) is 0.786. The van der Waals surface area contributed by atoms with Gasteiger partial charge in [0.05, 0.1) is 11.8 Å². The zero-order valence-corrected chi connectivity index (χ0v) is 11.6. The third kappa shape index (κ3) is 3.29. The molecular weight excluding hydrogens is 260 g/mol. The van der Waals surface area contributed by atoms with Crippen LogP contribution in [-0.2, 0) is 14.4 Å². The summed E-state index contributed by atoms with van der Waals surface area (Å²) < 4.78 is 0. The maximum Gasteiger partial charge on any atom is 0.306 e. The molecule has 3 atom stereocenters. The quantitative estimate of drug-likeness (QED) is 0.791. The van der Waals surface area contributed by atoms with Gasteiger partial charge in [0.15, 0.2) is 0 Å². The molecule has 1 saturated carbocycles. The molecule has 1 heterocycles. The molecule has 6 nitrogen and oxygen atoms in total. The Morgan fingerprint density at radius 2 is 1.65 bits per heavy atom. The molecule has 1 aliphatic carbocycles. The number of rotatable bonds is 3. The number of nitrogens with two attached hydrogens (primary N) is 1. The van der Waals surface area contributed by atoms with Crippen molar-refractivity contribution in [3.63, 3.8) is 0 Å². The fourth-order valence-electron chi connectivity index (χ4n) is 3.31. The van der Waals surface area contributed by atoms with Crippen molar-refractivity contribution in [3.05, 3.63) is 0 Å². The van der Waals surface area contributed by atoms with E-state index in [2.05, 4.69) is 0 Å². The van der Waals surface area contributed by atoms with E-state index < -0.39 is 11.9 Å². The number of carboxylic acid groups (broad SMARTS) is 1. The summed E-state index contributed by atoms with van der Waals surface area (Å²) >= 11 is 0. The Kier molecular flexibility index (Phi) is 4.62. The van der Waals surface area contributed by atoms with E-state index in [0.717, 1.165) is 25.7 Å². The van der Waals surface area contributed by atoms with Crippen molar-refractivity contribution in [2.24, 2.45) is 23.5 Å². The second-order valence-corrected chi connectivity index (χ2v) is 5.92. The zero-order valence-electron chi connectivity index (χ0n) is 11.6. The van der Waals surface area contributed by atoms with Gasteiger partial charge < -0.3 is 15.7 Å². The lowest BCUT2D eigenvalue weighted by atomic mass is 9.80. The summed E-state index contributed by atoms with van der Waals surface area (Å²) in [6.07, 6.45) is 4.13. The molecule has 20 heavy (non-hydrogen) atoms. The van der Waals surface area contributed by atoms with E-state index in [4.69, 9.17) is 10.8 Å². The van der Waals surface area contributed by atoms with Crippen molar-refractivity contribution in [2.45, 2.75) is 38.5 Å². The van der Waals surface area contributed by atoms with Crippen molar-refractivity contribution in [2.75, 3.05) is 13.1 Å². The first kappa shape index (κ1) is 14.8. The Morgan fingerprint density at radius 3 is 2.30 bits per heavy atom. The van der Waals surface area contributed by atoms with E-state index >= 15 is 0 Å². The Morgan fingerprint density at radius 1 is 1.00 bits per heavy atom. The summed E-state index contributed by atoms with van der Waals surface area (Å²) in [6, 6.07) is 0. The number of amides is 2. The molecule has 0 radical (unpaired) electrons. The lowest BCUT2D eigenvalue weighted by Crippen LogP contribution is -2.47.